The molecule has 0 aliphatic rings. The predicted molar refractivity (Wildman–Crippen MR) is 41.0 cm³/mol. The standard InChI is InChI=1S/C7H15NO3/c1-4-6(3)8-11-7(9)10-5-2/h6,8H,4-5H2,1-3H3. The van der Waals surface area contributed by atoms with Gasteiger partial charge in [0, 0.05) is 6.04 Å². The van der Waals surface area contributed by atoms with E-state index >= 15 is 0 Å². The predicted octanol–water partition coefficient (Wildman–Crippen LogP) is 1.46. The van der Waals surface area contributed by atoms with E-state index in [1.807, 2.05) is 13.8 Å². The molecule has 0 spiro atoms. The normalized spacial score (nSPS) is 12.3. The first-order valence-electron chi connectivity index (χ1n) is 3.79. The molecule has 0 aromatic heterocycles. The van der Waals surface area contributed by atoms with Gasteiger partial charge in [0.05, 0.1) is 6.61 Å². The van der Waals surface area contributed by atoms with Crippen LogP contribution in [-0.4, -0.2) is 18.8 Å². The van der Waals surface area contributed by atoms with Crippen LogP contribution >= 0.6 is 0 Å². The van der Waals surface area contributed by atoms with Gasteiger partial charge in [-0.3, -0.25) is 0 Å². The first kappa shape index (κ1) is 10.2. The fourth-order valence-electron chi connectivity index (χ4n) is 0.379. The van der Waals surface area contributed by atoms with Crippen molar-refractivity contribution in [2.75, 3.05) is 6.61 Å². The fraction of sp³-hybridized carbons (Fsp3) is 0.857. The highest BCUT2D eigenvalue weighted by atomic mass is 16.8. The molecular formula is C7H15NO3. The molecule has 4 heteroatoms. The van der Waals surface area contributed by atoms with Crippen LogP contribution in [0.15, 0.2) is 0 Å². The van der Waals surface area contributed by atoms with Gasteiger partial charge in [-0.05, 0) is 20.3 Å². The number of carbonyl (C=O) groups is 1. The molecule has 0 saturated heterocycles. The lowest BCUT2D eigenvalue weighted by Gasteiger charge is -2.09. The zero-order chi connectivity index (χ0) is 8.69. The number of hydrogen-bond donors (Lipinski definition) is 1. The van der Waals surface area contributed by atoms with Crippen LogP contribution in [-0.2, 0) is 9.57 Å². The number of rotatable bonds is 4. The second-order valence-corrected chi connectivity index (χ2v) is 2.21. The van der Waals surface area contributed by atoms with Gasteiger partial charge in [0.1, 0.15) is 0 Å². The molecule has 1 N–H and O–H groups in total. The molecule has 1 unspecified atom stereocenters. The number of nitrogens with one attached hydrogen (secondary N) is 1. The minimum Gasteiger partial charge on any atom is -0.433 e. The molecule has 0 rings (SSSR count). The van der Waals surface area contributed by atoms with Gasteiger partial charge in [0.2, 0.25) is 0 Å². The lowest BCUT2D eigenvalue weighted by atomic mass is 10.3. The molecule has 0 heterocycles. The minimum atomic E-state index is -0.673. The Balaban J connectivity index is 3.30. The van der Waals surface area contributed by atoms with E-state index in [4.69, 9.17) is 0 Å². The van der Waals surface area contributed by atoms with Crippen molar-refractivity contribution in [1.82, 2.24) is 5.48 Å². The summed E-state index contributed by atoms with van der Waals surface area (Å²) in [6.07, 6.45) is 0.229. The highest BCUT2D eigenvalue weighted by Crippen LogP contribution is 1.89. The van der Waals surface area contributed by atoms with Crippen LogP contribution in [0.1, 0.15) is 27.2 Å². The largest absolute Gasteiger partial charge is 0.527 e. The van der Waals surface area contributed by atoms with Crippen molar-refractivity contribution in [3.8, 4) is 0 Å². The quantitative estimate of drug-likeness (QED) is 0.501. The van der Waals surface area contributed by atoms with E-state index in [2.05, 4.69) is 15.1 Å². The fourth-order valence-corrected chi connectivity index (χ4v) is 0.379. The first-order chi connectivity index (χ1) is 5.20. The van der Waals surface area contributed by atoms with Crippen LogP contribution < -0.4 is 5.48 Å². The Kier molecular flexibility index (Phi) is 5.56. The van der Waals surface area contributed by atoms with Gasteiger partial charge < -0.3 is 9.57 Å². The summed E-state index contributed by atoms with van der Waals surface area (Å²) in [7, 11) is 0. The van der Waals surface area contributed by atoms with Gasteiger partial charge in [0.25, 0.3) is 0 Å². The van der Waals surface area contributed by atoms with Crippen LogP contribution in [0.25, 0.3) is 0 Å². The summed E-state index contributed by atoms with van der Waals surface area (Å²) in [4.78, 5) is 15.1. The molecule has 0 aliphatic heterocycles. The molecule has 0 bridgehead atoms. The molecule has 0 amide bonds. The summed E-state index contributed by atoms with van der Waals surface area (Å²) in [5, 5.41) is 0. The van der Waals surface area contributed by atoms with Crippen molar-refractivity contribution < 1.29 is 14.4 Å². The minimum absolute atomic E-state index is 0.166. The smallest absolute Gasteiger partial charge is 0.433 e. The van der Waals surface area contributed by atoms with E-state index in [1.54, 1.807) is 6.92 Å². The molecule has 0 aromatic rings. The molecular weight excluding hydrogens is 146 g/mol. The van der Waals surface area contributed by atoms with Crippen LogP contribution in [0.2, 0.25) is 0 Å². The van der Waals surface area contributed by atoms with Gasteiger partial charge in [-0.25, -0.2) is 4.79 Å². The van der Waals surface area contributed by atoms with E-state index in [-0.39, 0.29) is 6.04 Å². The third-order valence-electron chi connectivity index (χ3n) is 1.22. The van der Waals surface area contributed by atoms with Crippen molar-refractivity contribution in [3.63, 3.8) is 0 Å². The van der Waals surface area contributed by atoms with Crippen LogP contribution in [0.3, 0.4) is 0 Å². The molecule has 4 nitrogen and oxygen atoms in total. The second kappa shape index (κ2) is 5.97. The Labute approximate surface area is 66.8 Å². The van der Waals surface area contributed by atoms with Gasteiger partial charge in [0.15, 0.2) is 0 Å². The molecule has 11 heavy (non-hydrogen) atoms. The third-order valence-corrected chi connectivity index (χ3v) is 1.22. The molecule has 1 atom stereocenters. The maximum Gasteiger partial charge on any atom is 0.527 e. The monoisotopic (exact) mass is 161 g/mol. The maximum atomic E-state index is 10.6. The van der Waals surface area contributed by atoms with Gasteiger partial charge >= 0.3 is 6.16 Å². The second-order valence-electron chi connectivity index (χ2n) is 2.21. The zero-order valence-corrected chi connectivity index (χ0v) is 7.22. The average Bonchev–Trinajstić information content (AvgIpc) is 2.01. The molecule has 0 saturated carbocycles. The number of hydrogen-bond acceptors (Lipinski definition) is 4. The van der Waals surface area contributed by atoms with Gasteiger partial charge in [-0.2, -0.15) is 0 Å². The molecule has 0 aliphatic carbocycles. The van der Waals surface area contributed by atoms with E-state index in [1.165, 1.54) is 0 Å². The van der Waals surface area contributed by atoms with Crippen molar-refractivity contribution >= 4 is 6.16 Å². The Morgan fingerprint density at radius 1 is 1.55 bits per heavy atom. The lowest BCUT2D eigenvalue weighted by Crippen LogP contribution is -2.28. The van der Waals surface area contributed by atoms with Crippen molar-refractivity contribution in [2.45, 2.75) is 33.2 Å². The zero-order valence-electron chi connectivity index (χ0n) is 7.22. The molecule has 0 radical (unpaired) electrons. The summed E-state index contributed by atoms with van der Waals surface area (Å²) in [6, 6.07) is 0.166. The van der Waals surface area contributed by atoms with E-state index in [9.17, 15) is 4.79 Å². The maximum absolute atomic E-state index is 10.6. The highest BCUT2D eigenvalue weighted by molar-refractivity contribution is 5.59. The highest BCUT2D eigenvalue weighted by Gasteiger charge is 2.03. The topological polar surface area (TPSA) is 47.6 Å². The van der Waals surface area contributed by atoms with E-state index in [0.717, 1.165) is 6.42 Å². The summed E-state index contributed by atoms with van der Waals surface area (Å²) in [5.74, 6) is 0. The lowest BCUT2D eigenvalue weighted by molar-refractivity contribution is 0.00773. The van der Waals surface area contributed by atoms with Gasteiger partial charge in [-0.1, -0.05) is 6.92 Å². The molecule has 0 aromatic carbocycles. The number of hydroxylamine groups is 1. The number of ether oxygens (including phenoxy) is 1. The van der Waals surface area contributed by atoms with Crippen molar-refractivity contribution in [1.29, 1.82) is 0 Å². The van der Waals surface area contributed by atoms with Crippen molar-refractivity contribution in [3.05, 3.63) is 0 Å². The number of carbonyl (C=O) groups excluding carboxylic acids is 1. The SMILES string of the molecule is CCOC(=O)ONC(C)CC. The first-order valence-corrected chi connectivity index (χ1v) is 3.79. The Bertz CT molecular complexity index is 116. The van der Waals surface area contributed by atoms with Crippen molar-refractivity contribution in [2.24, 2.45) is 0 Å². The Morgan fingerprint density at radius 2 is 2.18 bits per heavy atom. The van der Waals surface area contributed by atoms with Gasteiger partial charge in [-0.15, -0.1) is 5.48 Å². The van der Waals surface area contributed by atoms with E-state index < -0.39 is 6.16 Å². The summed E-state index contributed by atoms with van der Waals surface area (Å²) in [6.45, 7) is 5.97. The summed E-state index contributed by atoms with van der Waals surface area (Å²) < 4.78 is 4.51. The molecule has 66 valence electrons. The Hall–Kier alpha value is -0.770. The third kappa shape index (κ3) is 5.66. The van der Waals surface area contributed by atoms with Crippen LogP contribution in [0.4, 0.5) is 4.79 Å². The average molecular weight is 161 g/mol. The van der Waals surface area contributed by atoms with E-state index in [0.29, 0.717) is 6.61 Å². The molecule has 0 fully saturated rings. The summed E-state index contributed by atoms with van der Waals surface area (Å²) in [5.41, 5.74) is 2.54. The Morgan fingerprint density at radius 3 is 2.64 bits per heavy atom. The summed E-state index contributed by atoms with van der Waals surface area (Å²) >= 11 is 0. The van der Waals surface area contributed by atoms with Crippen LogP contribution in [0, 0.1) is 0 Å². The van der Waals surface area contributed by atoms with Crippen LogP contribution in [0.5, 0.6) is 0 Å².